The van der Waals surface area contributed by atoms with Crippen molar-refractivity contribution in [2.75, 3.05) is 30.1 Å². The summed E-state index contributed by atoms with van der Waals surface area (Å²) in [5.41, 5.74) is 2.59. The highest BCUT2D eigenvalue weighted by molar-refractivity contribution is 5.49. The number of ether oxygens (including phenoxy) is 1. The summed E-state index contributed by atoms with van der Waals surface area (Å²) in [6.45, 7) is 6.48. The Morgan fingerprint density at radius 1 is 1.59 bits per heavy atom. The normalized spacial score (nSPS) is 20.4. The number of rotatable bonds is 3. The Hall–Kier alpha value is -1.40. The van der Waals surface area contributed by atoms with E-state index in [0.717, 1.165) is 37.8 Å². The highest BCUT2D eigenvalue weighted by Gasteiger charge is 2.21. The second-order valence-electron chi connectivity index (χ2n) is 4.14. The van der Waals surface area contributed by atoms with Crippen LogP contribution in [-0.2, 0) is 11.2 Å². The van der Waals surface area contributed by atoms with Gasteiger partial charge in [-0.25, -0.2) is 15.8 Å². The summed E-state index contributed by atoms with van der Waals surface area (Å²) in [5.74, 6) is 7.80. The molecule has 94 valence electrons. The van der Waals surface area contributed by atoms with Crippen LogP contribution < -0.4 is 16.2 Å². The molecule has 6 nitrogen and oxygen atoms in total. The molecule has 0 aromatic carbocycles. The van der Waals surface area contributed by atoms with Gasteiger partial charge in [-0.1, -0.05) is 6.92 Å². The fourth-order valence-electron chi connectivity index (χ4n) is 1.93. The molecule has 1 fully saturated rings. The molecule has 17 heavy (non-hydrogen) atoms. The van der Waals surface area contributed by atoms with Crippen molar-refractivity contribution in [3.8, 4) is 0 Å². The van der Waals surface area contributed by atoms with Crippen molar-refractivity contribution in [1.29, 1.82) is 0 Å². The largest absolute Gasteiger partial charge is 0.377 e. The van der Waals surface area contributed by atoms with Crippen LogP contribution in [0, 0.1) is 0 Å². The molecule has 0 aliphatic carbocycles. The van der Waals surface area contributed by atoms with E-state index in [9.17, 15) is 0 Å². The van der Waals surface area contributed by atoms with E-state index in [1.54, 1.807) is 0 Å². The lowest BCUT2D eigenvalue weighted by Crippen LogP contribution is -2.44. The Bertz CT molecular complexity index is 362. The first-order valence-corrected chi connectivity index (χ1v) is 5.93. The summed E-state index contributed by atoms with van der Waals surface area (Å²) < 4.78 is 5.42. The first-order chi connectivity index (χ1) is 8.24. The zero-order chi connectivity index (χ0) is 12.3. The molecule has 1 aromatic rings. The summed E-state index contributed by atoms with van der Waals surface area (Å²) in [6.07, 6.45) is 0.793. The molecule has 6 heteroatoms. The average molecular weight is 237 g/mol. The van der Waals surface area contributed by atoms with E-state index >= 15 is 0 Å². The second-order valence-corrected chi connectivity index (χ2v) is 4.14. The van der Waals surface area contributed by atoms with E-state index in [-0.39, 0.29) is 0 Å². The predicted octanol–water partition coefficient (Wildman–Crippen LogP) is 0.550. The first kappa shape index (κ1) is 12.1. The lowest BCUT2D eigenvalue weighted by Gasteiger charge is -2.34. The molecule has 1 unspecified atom stereocenters. The van der Waals surface area contributed by atoms with E-state index in [1.165, 1.54) is 0 Å². The molecule has 0 radical (unpaired) electrons. The minimum absolute atomic E-state index is 0.328. The molecule has 1 saturated heterocycles. The van der Waals surface area contributed by atoms with Crippen molar-refractivity contribution in [2.45, 2.75) is 26.3 Å². The third-order valence-corrected chi connectivity index (χ3v) is 2.88. The number of aryl methyl sites for hydroxylation is 1. The van der Waals surface area contributed by atoms with Gasteiger partial charge in [0.25, 0.3) is 0 Å². The molecule has 1 aromatic heterocycles. The van der Waals surface area contributed by atoms with Crippen molar-refractivity contribution >= 4 is 11.6 Å². The molecule has 3 N–H and O–H groups in total. The van der Waals surface area contributed by atoms with Gasteiger partial charge in [-0.2, -0.15) is 0 Å². The summed E-state index contributed by atoms with van der Waals surface area (Å²) in [4.78, 5) is 11.1. The first-order valence-electron chi connectivity index (χ1n) is 5.93. The van der Waals surface area contributed by atoms with Gasteiger partial charge in [0.15, 0.2) is 0 Å². The molecule has 0 spiro atoms. The lowest BCUT2D eigenvalue weighted by atomic mass is 10.2. The Morgan fingerprint density at radius 2 is 2.41 bits per heavy atom. The number of nitrogen functional groups attached to an aromatic ring is 1. The molecule has 1 aliphatic heterocycles. The van der Waals surface area contributed by atoms with Gasteiger partial charge in [0.05, 0.1) is 19.3 Å². The monoisotopic (exact) mass is 237 g/mol. The van der Waals surface area contributed by atoms with Crippen LogP contribution in [0.3, 0.4) is 0 Å². The summed E-state index contributed by atoms with van der Waals surface area (Å²) >= 11 is 0. The maximum Gasteiger partial charge on any atom is 0.145 e. The Balaban J connectivity index is 2.29. The van der Waals surface area contributed by atoms with E-state index < -0.39 is 0 Å². The number of hydrazine groups is 1. The van der Waals surface area contributed by atoms with Crippen molar-refractivity contribution in [1.82, 2.24) is 9.97 Å². The third-order valence-electron chi connectivity index (χ3n) is 2.88. The minimum atomic E-state index is 0.328. The zero-order valence-corrected chi connectivity index (χ0v) is 10.3. The molecule has 0 saturated carbocycles. The molecule has 1 aliphatic rings. The summed E-state index contributed by atoms with van der Waals surface area (Å²) in [5, 5.41) is 0. The maximum atomic E-state index is 5.42. The molecule has 2 rings (SSSR count). The predicted molar refractivity (Wildman–Crippen MR) is 66.8 cm³/mol. The Kier molecular flexibility index (Phi) is 3.75. The van der Waals surface area contributed by atoms with E-state index in [0.29, 0.717) is 11.9 Å². The minimum Gasteiger partial charge on any atom is -0.377 e. The van der Waals surface area contributed by atoms with Crippen LogP contribution in [0.25, 0.3) is 0 Å². The van der Waals surface area contributed by atoms with Gasteiger partial charge in [0, 0.05) is 19.0 Å². The van der Waals surface area contributed by atoms with E-state index in [4.69, 9.17) is 10.6 Å². The van der Waals surface area contributed by atoms with Crippen LogP contribution >= 0.6 is 0 Å². The smallest absolute Gasteiger partial charge is 0.145 e. The zero-order valence-electron chi connectivity index (χ0n) is 10.3. The average Bonchev–Trinajstić information content (AvgIpc) is 2.38. The highest BCUT2D eigenvalue weighted by Crippen LogP contribution is 2.20. The lowest BCUT2D eigenvalue weighted by molar-refractivity contribution is 0.0985. The van der Waals surface area contributed by atoms with Crippen LogP contribution in [0.5, 0.6) is 0 Å². The number of nitrogens with two attached hydrogens (primary N) is 1. The van der Waals surface area contributed by atoms with Crippen LogP contribution in [0.15, 0.2) is 6.07 Å². The van der Waals surface area contributed by atoms with Gasteiger partial charge < -0.3 is 15.1 Å². The molecule has 2 heterocycles. The van der Waals surface area contributed by atoms with Crippen molar-refractivity contribution in [2.24, 2.45) is 5.84 Å². The number of anilines is 2. The highest BCUT2D eigenvalue weighted by atomic mass is 16.5. The fourth-order valence-corrected chi connectivity index (χ4v) is 1.93. The van der Waals surface area contributed by atoms with Crippen LogP contribution in [-0.4, -0.2) is 35.8 Å². The Morgan fingerprint density at radius 3 is 3.06 bits per heavy atom. The molecule has 0 amide bonds. The topological polar surface area (TPSA) is 76.3 Å². The number of nitrogens with one attached hydrogen (secondary N) is 1. The summed E-state index contributed by atoms with van der Waals surface area (Å²) in [6, 6.07) is 2.20. The standard InChI is InChI=1S/C11H19N5O/c1-3-9-13-10(15-12)6-11(14-9)16-4-5-17-7-8(16)2/h6,8H,3-5,7,12H2,1-2H3,(H,13,14,15). The van der Waals surface area contributed by atoms with Crippen LogP contribution in [0.2, 0.25) is 0 Å². The van der Waals surface area contributed by atoms with Crippen molar-refractivity contribution < 1.29 is 4.74 Å². The van der Waals surface area contributed by atoms with Gasteiger partial charge in [0.1, 0.15) is 17.5 Å². The number of hydrogen-bond donors (Lipinski definition) is 2. The maximum absolute atomic E-state index is 5.42. The molecule has 1 atom stereocenters. The summed E-state index contributed by atoms with van der Waals surface area (Å²) in [7, 11) is 0. The Labute approximate surface area is 101 Å². The number of morpholine rings is 1. The second kappa shape index (κ2) is 5.29. The van der Waals surface area contributed by atoms with E-state index in [1.807, 2.05) is 13.0 Å². The van der Waals surface area contributed by atoms with Gasteiger partial charge >= 0.3 is 0 Å². The van der Waals surface area contributed by atoms with Crippen LogP contribution in [0.4, 0.5) is 11.6 Å². The van der Waals surface area contributed by atoms with Gasteiger partial charge in [0.2, 0.25) is 0 Å². The number of aromatic nitrogens is 2. The molecular weight excluding hydrogens is 218 g/mol. The van der Waals surface area contributed by atoms with Gasteiger partial charge in [-0.15, -0.1) is 0 Å². The number of nitrogens with zero attached hydrogens (tertiary/aromatic N) is 3. The van der Waals surface area contributed by atoms with Crippen molar-refractivity contribution in [3.63, 3.8) is 0 Å². The third kappa shape index (κ3) is 2.65. The van der Waals surface area contributed by atoms with Crippen molar-refractivity contribution in [3.05, 3.63) is 11.9 Å². The van der Waals surface area contributed by atoms with E-state index in [2.05, 4.69) is 27.2 Å². The van der Waals surface area contributed by atoms with Gasteiger partial charge in [-0.05, 0) is 6.92 Å². The quantitative estimate of drug-likeness (QED) is 0.590. The molecular formula is C11H19N5O. The van der Waals surface area contributed by atoms with Gasteiger partial charge in [-0.3, -0.25) is 0 Å². The fraction of sp³-hybridized carbons (Fsp3) is 0.636. The SMILES string of the molecule is CCc1nc(NN)cc(N2CCOCC2C)n1. The van der Waals surface area contributed by atoms with Crippen LogP contribution in [0.1, 0.15) is 19.7 Å². The number of hydrogen-bond acceptors (Lipinski definition) is 6. The molecule has 0 bridgehead atoms.